The summed E-state index contributed by atoms with van der Waals surface area (Å²) >= 11 is 1.36. The van der Waals surface area contributed by atoms with E-state index in [1.807, 2.05) is 13.0 Å². The standard InChI is InChI=1S/C26H29N3O5S/c1-15-11-19(28-21(12-15)29-24(31)34-25(2,3)4)20-14-27-23(35-20)26(32)10-6-7-16-13-17(22(30)33-5)8-9-18(16)26/h8-9,11-14,32H,6-7,10H2,1-5H3,(H,28,29,31). The summed E-state index contributed by atoms with van der Waals surface area (Å²) in [6, 6.07) is 8.91. The number of benzene rings is 1. The smallest absolute Gasteiger partial charge is 0.413 e. The molecule has 1 atom stereocenters. The van der Waals surface area contributed by atoms with E-state index in [9.17, 15) is 14.7 Å². The molecule has 4 rings (SSSR count). The molecular formula is C26H29N3O5S. The molecule has 0 fully saturated rings. The van der Waals surface area contributed by atoms with Crippen molar-refractivity contribution in [2.75, 3.05) is 12.4 Å². The zero-order chi connectivity index (χ0) is 25.4. The highest BCUT2D eigenvalue weighted by Gasteiger charge is 2.39. The average molecular weight is 496 g/mol. The molecule has 2 N–H and O–H groups in total. The molecular weight excluding hydrogens is 466 g/mol. The van der Waals surface area contributed by atoms with E-state index in [0.717, 1.165) is 34.4 Å². The van der Waals surface area contributed by atoms with Gasteiger partial charge in [-0.3, -0.25) is 5.32 Å². The number of anilines is 1. The number of ether oxygens (including phenoxy) is 2. The summed E-state index contributed by atoms with van der Waals surface area (Å²) in [4.78, 5) is 34.0. The zero-order valence-electron chi connectivity index (χ0n) is 20.5. The van der Waals surface area contributed by atoms with Crippen LogP contribution in [0.3, 0.4) is 0 Å². The van der Waals surface area contributed by atoms with Gasteiger partial charge in [0.05, 0.1) is 23.2 Å². The number of rotatable bonds is 4. The van der Waals surface area contributed by atoms with Gasteiger partial charge in [0.15, 0.2) is 0 Å². The number of amides is 1. The predicted molar refractivity (Wildman–Crippen MR) is 134 cm³/mol. The molecule has 8 nitrogen and oxygen atoms in total. The molecule has 9 heteroatoms. The minimum atomic E-state index is -1.26. The van der Waals surface area contributed by atoms with Gasteiger partial charge in [0, 0.05) is 6.20 Å². The second-order valence-electron chi connectivity index (χ2n) is 9.65. The first-order valence-corrected chi connectivity index (χ1v) is 12.2. The van der Waals surface area contributed by atoms with Gasteiger partial charge in [0.1, 0.15) is 22.0 Å². The Bertz CT molecular complexity index is 1280. The summed E-state index contributed by atoms with van der Waals surface area (Å²) in [6.07, 6.45) is 3.16. The Morgan fingerprint density at radius 1 is 1.20 bits per heavy atom. The van der Waals surface area contributed by atoms with Gasteiger partial charge in [-0.1, -0.05) is 6.07 Å². The Morgan fingerprint density at radius 3 is 2.69 bits per heavy atom. The van der Waals surface area contributed by atoms with E-state index in [2.05, 4.69) is 15.3 Å². The fourth-order valence-electron chi connectivity index (χ4n) is 4.19. The largest absolute Gasteiger partial charge is 0.465 e. The average Bonchev–Trinajstić information content (AvgIpc) is 3.28. The molecule has 35 heavy (non-hydrogen) atoms. The zero-order valence-corrected chi connectivity index (χ0v) is 21.3. The van der Waals surface area contributed by atoms with Crippen molar-refractivity contribution in [3.05, 3.63) is 63.8 Å². The normalized spacial score (nSPS) is 17.4. The summed E-state index contributed by atoms with van der Waals surface area (Å²) in [6.45, 7) is 7.30. The van der Waals surface area contributed by atoms with Crippen LogP contribution in [-0.4, -0.2) is 39.8 Å². The Kier molecular flexibility index (Phi) is 6.66. The monoisotopic (exact) mass is 495 g/mol. The molecule has 0 bridgehead atoms. The molecule has 1 amide bonds. The van der Waals surface area contributed by atoms with Gasteiger partial charge >= 0.3 is 12.1 Å². The van der Waals surface area contributed by atoms with Crippen molar-refractivity contribution in [3.8, 4) is 10.6 Å². The van der Waals surface area contributed by atoms with E-state index in [1.54, 1.807) is 51.2 Å². The quantitative estimate of drug-likeness (QED) is 0.478. The maximum Gasteiger partial charge on any atom is 0.413 e. The number of carbonyl (C=O) groups is 2. The van der Waals surface area contributed by atoms with Crippen molar-refractivity contribution in [1.29, 1.82) is 0 Å². The molecule has 3 aromatic rings. The number of nitrogens with zero attached hydrogens (tertiary/aromatic N) is 2. The maximum atomic E-state index is 12.2. The number of methoxy groups -OCH3 is 1. The summed E-state index contributed by atoms with van der Waals surface area (Å²) in [5.41, 5.74) is 1.80. The Balaban J connectivity index is 1.63. The van der Waals surface area contributed by atoms with Gasteiger partial charge < -0.3 is 14.6 Å². The lowest BCUT2D eigenvalue weighted by molar-refractivity contribution is 0.0582. The van der Waals surface area contributed by atoms with Gasteiger partial charge in [-0.25, -0.2) is 19.6 Å². The highest BCUT2D eigenvalue weighted by atomic mass is 32.1. The van der Waals surface area contributed by atoms with Gasteiger partial charge in [-0.2, -0.15) is 0 Å². The summed E-state index contributed by atoms with van der Waals surface area (Å²) < 4.78 is 10.2. The van der Waals surface area contributed by atoms with Crippen LogP contribution in [0.25, 0.3) is 10.6 Å². The number of hydrogen-bond acceptors (Lipinski definition) is 8. The van der Waals surface area contributed by atoms with E-state index in [1.165, 1.54) is 18.4 Å². The minimum absolute atomic E-state index is 0.376. The van der Waals surface area contributed by atoms with Crippen LogP contribution in [0.2, 0.25) is 0 Å². The fraction of sp³-hybridized carbons (Fsp3) is 0.385. The van der Waals surface area contributed by atoms with Crippen LogP contribution in [-0.2, 0) is 21.5 Å². The van der Waals surface area contributed by atoms with Crippen LogP contribution in [0.4, 0.5) is 10.6 Å². The predicted octanol–water partition coefficient (Wildman–Crippen LogP) is 5.22. The van der Waals surface area contributed by atoms with Crippen molar-refractivity contribution in [2.24, 2.45) is 0 Å². The molecule has 0 aliphatic heterocycles. The highest BCUT2D eigenvalue weighted by molar-refractivity contribution is 7.15. The van der Waals surface area contributed by atoms with Gasteiger partial charge in [0.25, 0.3) is 0 Å². The third-order valence-corrected chi connectivity index (χ3v) is 6.84. The molecule has 1 aliphatic carbocycles. The number of nitrogens with one attached hydrogen (secondary N) is 1. The molecule has 0 saturated heterocycles. The van der Waals surface area contributed by atoms with Crippen LogP contribution in [0.5, 0.6) is 0 Å². The Morgan fingerprint density at radius 2 is 1.97 bits per heavy atom. The third-order valence-electron chi connectivity index (χ3n) is 5.67. The van der Waals surface area contributed by atoms with E-state index in [-0.39, 0.29) is 0 Å². The summed E-state index contributed by atoms with van der Waals surface area (Å²) in [5, 5.41) is 15.0. The lowest BCUT2D eigenvalue weighted by Gasteiger charge is -2.33. The highest BCUT2D eigenvalue weighted by Crippen LogP contribution is 2.43. The van der Waals surface area contributed by atoms with Crippen LogP contribution >= 0.6 is 11.3 Å². The number of aryl methyl sites for hydroxylation is 2. The van der Waals surface area contributed by atoms with Gasteiger partial charge in [0.2, 0.25) is 0 Å². The second-order valence-corrected chi connectivity index (χ2v) is 10.7. The van der Waals surface area contributed by atoms with Crippen LogP contribution in [0.1, 0.15) is 65.7 Å². The first kappa shape index (κ1) is 24.8. The summed E-state index contributed by atoms with van der Waals surface area (Å²) in [5.74, 6) is -0.0268. The molecule has 1 aliphatic rings. The Hall–Kier alpha value is -3.30. The van der Waals surface area contributed by atoms with Crippen LogP contribution in [0.15, 0.2) is 36.5 Å². The lowest BCUT2D eigenvalue weighted by Crippen LogP contribution is -2.32. The fourth-order valence-corrected chi connectivity index (χ4v) is 5.20. The molecule has 2 aromatic heterocycles. The van der Waals surface area contributed by atoms with E-state index in [0.29, 0.717) is 28.5 Å². The van der Waals surface area contributed by atoms with Crippen molar-refractivity contribution in [2.45, 2.75) is 58.2 Å². The first-order chi connectivity index (χ1) is 16.5. The number of carbonyl (C=O) groups excluding carboxylic acids is 2. The van der Waals surface area contributed by atoms with E-state index < -0.39 is 23.3 Å². The van der Waals surface area contributed by atoms with Crippen molar-refractivity contribution < 1.29 is 24.2 Å². The molecule has 1 unspecified atom stereocenters. The number of pyridine rings is 1. The molecule has 1 aromatic carbocycles. The minimum Gasteiger partial charge on any atom is -0.465 e. The van der Waals surface area contributed by atoms with E-state index >= 15 is 0 Å². The number of esters is 1. The SMILES string of the molecule is COC(=O)c1ccc2c(c1)CCCC2(O)c1ncc(-c2cc(C)cc(NC(=O)OC(C)(C)C)n2)s1. The number of aromatic nitrogens is 2. The molecule has 0 saturated carbocycles. The number of aliphatic hydroxyl groups is 1. The maximum absolute atomic E-state index is 12.2. The topological polar surface area (TPSA) is 111 Å². The number of fused-ring (bicyclic) bond motifs is 1. The van der Waals surface area contributed by atoms with Gasteiger partial charge in [-0.05, 0) is 87.9 Å². The third kappa shape index (κ3) is 5.36. The van der Waals surface area contributed by atoms with Crippen LogP contribution < -0.4 is 5.32 Å². The summed E-state index contributed by atoms with van der Waals surface area (Å²) in [7, 11) is 1.35. The molecule has 2 heterocycles. The lowest BCUT2D eigenvalue weighted by atomic mass is 9.79. The van der Waals surface area contributed by atoms with Crippen molar-refractivity contribution in [1.82, 2.24) is 9.97 Å². The molecule has 184 valence electrons. The Labute approximate surface area is 208 Å². The second kappa shape index (κ2) is 9.39. The van der Waals surface area contributed by atoms with E-state index in [4.69, 9.17) is 9.47 Å². The van der Waals surface area contributed by atoms with Crippen LogP contribution in [0, 0.1) is 6.92 Å². The van der Waals surface area contributed by atoms with Gasteiger partial charge in [-0.15, -0.1) is 11.3 Å². The number of thiazole rings is 1. The van der Waals surface area contributed by atoms with Crippen molar-refractivity contribution >= 4 is 29.2 Å². The molecule has 0 spiro atoms. The first-order valence-electron chi connectivity index (χ1n) is 11.4. The molecule has 0 radical (unpaired) electrons. The van der Waals surface area contributed by atoms with Crippen molar-refractivity contribution in [3.63, 3.8) is 0 Å². The number of hydrogen-bond donors (Lipinski definition) is 2.